The van der Waals surface area contributed by atoms with E-state index in [1.807, 2.05) is 0 Å². The Morgan fingerprint density at radius 2 is 0.853 bits per heavy atom. The van der Waals surface area contributed by atoms with Gasteiger partial charge >= 0.3 is 17.9 Å². The van der Waals surface area contributed by atoms with Crippen LogP contribution in [0, 0.1) is 0 Å². The predicted molar refractivity (Wildman–Crippen MR) is 120 cm³/mol. The molecule has 7 N–H and O–H groups in total. The van der Waals surface area contributed by atoms with E-state index in [9.17, 15) is 28.8 Å². The maximum Gasteiger partial charge on any atom is 0.303 e. The van der Waals surface area contributed by atoms with E-state index < -0.39 is 66.6 Å². The molecule has 34 heavy (non-hydrogen) atoms. The molecule has 0 saturated heterocycles. The van der Waals surface area contributed by atoms with Crippen molar-refractivity contribution in [2.24, 2.45) is 0 Å². The van der Waals surface area contributed by atoms with E-state index >= 15 is 0 Å². The molecule has 0 fully saturated rings. The molecule has 13 heteroatoms. The summed E-state index contributed by atoms with van der Waals surface area (Å²) in [5, 5.41) is 37.2. The monoisotopic (exact) mass is 488 g/mol. The van der Waals surface area contributed by atoms with Gasteiger partial charge in [-0.1, -0.05) is 13.8 Å². The highest BCUT2D eigenvalue weighted by Gasteiger charge is 2.30. The fourth-order valence-corrected chi connectivity index (χ4v) is 2.96. The summed E-state index contributed by atoms with van der Waals surface area (Å²) < 4.78 is 0. The van der Waals surface area contributed by atoms with Crippen LogP contribution < -0.4 is 21.3 Å². The summed E-state index contributed by atoms with van der Waals surface area (Å²) in [7, 11) is 0. The molecule has 0 saturated carbocycles. The molecule has 13 nitrogen and oxygen atoms in total. The molecule has 0 bridgehead atoms. The first-order chi connectivity index (χ1) is 15.7. The van der Waals surface area contributed by atoms with Crippen molar-refractivity contribution in [2.45, 2.75) is 96.4 Å². The van der Waals surface area contributed by atoms with Crippen LogP contribution in [0.15, 0.2) is 0 Å². The molecule has 0 rings (SSSR count). The minimum absolute atomic E-state index is 0.0648. The second-order valence-electron chi connectivity index (χ2n) is 8.46. The van der Waals surface area contributed by atoms with Gasteiger partial charge in [0, 0.05) is 31.3 Å². The predicted octanol–water partition coefficient (Wildman–Crippen LogP) is -0.558. The van der Waals surface area contributed by atoms with Crippen LogP contribution in [0.2, 0.25) is 0 Å². The van der Waals surface area contributed by atoms with Crippen LogP contribution in [-0.4, -0.2) is 81.2 Å². The van der Waals surface area contributed by atoms with Crippen LogP contribution in [0.5, 0.6) is 0 Å². The molecule has 3 amide bonds. The van der Waals surface area contributed by atoms with Crippen molar-refractivity contribution in [1.82, 2.24) is 21.3 Å². The molecule has 0 heterocycles. The fraction of sp³-hybridized carbons (Fsp3) is 0.714. The smallest absolute Gasteiger partial charge is 0.303 e. The van der Waals surface area contributed by atoms with Gasteiger partial charge in [-0.3, -0.25) is 28.8 Å². The number of carboxylic acids is 3. The molecule has 0 spiro atoms. The molecule has 0 aromatic rings. The first-order valence-electron chi connectivity index (χ1n) is 11.0. The van der Waals surface area contributed by atoms with Crippen LogP contribution in [0.4, 0.5) is 0 Å². The first kappa shape index (κ1) is 30.8. The summed E-state index contributed by atoms with van der Waals surface area (Å²) in [6.07, 6.45) is -1.75. The van der Waals surface area contributed by atoms with Gasteiger partial charge in [0.15, 0.2) is 0 Å². The van der Waals surface area contributed by atoms with Gasteiger partial charge in [-0.15, -0.1) is 0 Å². The normalized spacial score (nSPS) is 13.6. The molecule has 0 aliphatic rings. The Kier molecular flexibility index (Phi) is 14.1. The summed E-state index contributed by atoms with van der Waals surface area (Å²) in [5.41, 5.74) is 0. The van der Waals surface area contributed by atoms with Gasteiger partial charge in [-0.2, -0.15) is 0 Å². The molecule has 0 radical (unpaired) electrons. The molecule has 3 unspecified atom stereocenters. The molecule has 0 aliphatic heterocycles. The van der Waals surface area contributed by atoms with Crippen molar-refractivity contribution in [3.8, 4) is 0 Å². The maximum absolute atomic E-state index is 12.9. The average molecular weight is 489 g/mol. The summed E-state index contributed by atoms with van der Waals surface area (Å²) >= 11 is 0. The average Bonchev–Trinajstić information content (AvgIpc) is 2.69. The van der Waals surface area contributed by atoms with Gasteiger partial charge in [0.1, 0.15) is 12.1 Å². The Hall–Kier alpha value is -3.22. The van der Waals surface area contributed by atoms with E-state index in [0.717, 1.165) is 0 Å². The van der Waals surface area contributed by atoms with Crippen LogP contribution in [0.25, 0.3) is 0 Å². The van der Waals surface area contributed by atoms with Crippen molar-refractivity contribution >= 4 is 35.6 Å². The van der Waals surface area contributed by atoms with Gasteiger partial charge in [0.25, 0.3) is 0 Å². The molecular formula is C21H36N4O9. The highest BCUT2D eigenvalue weighted by Crippen LogP contribution is 2.06. The summed E-state index contributed by atoms with van der Waals surface area (Å²) in [6.45, 7) is 6.86. The second-order valence-corrected chi connectivity index (χ2v) is 8.46. The molecule has 3 atom stereocenters. The third-order valence-electron chi connectivity index (χ3n) is 4.49. The lowest BCUT2D eigenvalue weighted by molar-refractivity contribution is -0.140. The van der Waals surface area contributed by atoms with E-state index in [-0.39, 0.29) is 37.8 Å². The largest absolute Gasteiger partial charge is 0.481 e. The number of amides is 3. The number of carbonyl (C=O) groups excluding carboxylic acids is 3. The van der Waals surface area contributed by atoms with E-state index in [1.165, 1.54) is 0 Å². The molecule has 194 valence electrons. The van der Waals surface area contributed by atoms with Crippen LogP contribution in [0.1, 0.15) is 66.2 Å². The van der Waals surface area contributed by atoms with Crippen molar-refractivity contribution in [2.75, 3.05) is 0 Å². The number of aliphatic carboxylic acids is 3. The lowest BCUT2D eigenvalue weighted by Crippen LogP contribution is -2.57. The van der Waals surface area contributed by atoms with Crippen molar-refractivity contribution in [1.29, 1.82) is 0 Å². The summed E-state index contributed by atoms with van der Waals surface area (Å²) in [5.74, 6) is -5.67. The first-order valence-corrected chi connectivity index (χ1v) is 11.0. The van der Waals surface area contributed by atoms with Gasteiger partial charge in [-0.05, 0) is 33.1 Å². The van der Waals surface area contributed by atoms with Gasteiger partial charge in [0.2, 0.25) is 17.7 Å². The molecular weight excluding hydrogens is 452 g/mol. The number of hydrogen-bond donors (Lipinski definition) is 7. The van der Waals surface area contributed by atoms with Crippen LogP contribution >= 0.6 is 0 Å². The standard InChI is InChI=1S/C21H36N4O9/c1-11(2)22-13(5-8-16(26)27)20(33)25-15(7-10-18(30)31)21(34)24-14(6-9-17(28)29)19(32)23-12(3)4/h11-15,22H,5-10H2,1-4H3,(H,23,32)(H,24,34)(H,25,33)(H,26,27)(H,28,29)(H,30,31). The lowest BCUT2D eigenvalue weighted by atomic mass is 10.1. The Morgan fingerprint density at radius 1 is 0.529 bits per heavy atom. The zero-order valence-corrected chi connectivity index (χ0v) is 19.9. The molecule has 0 aromatic carbocycles. The number of hydrogen-bond acceptors (Lipinski definition) is 7. The third-order valence-corrected chi connectivity index (χ3v) is 4.49. The van der Waals surface area contributed by atoms with Gasteiger partial charge in [-0.25, -0.2) is 0 Å². The minimum atomic E-state index is -1.34. The van der Waals surface area contributed by atoms with Crippen molar-refractivity contribution in [3.63, 3.8) is 0 Å². The zero-order chi connectivity index (χ0) is 26.4. The Labute approximate surface area is 198 Å². The third kappa shape index (κ3) is 14.0. The fourth-order valence-electron chi connectivity index (χ4n) is 2.96. The van der Waals surface area contributed by atoms with Crippen LogP contribution in [0.3, 0.4) is 0 Å². The quantitative estimate of drug-likeness (QED) is 0.139. The van der Waals surface area contributed by atoms with E-state index in [2.05, 4.69) is 21.3 Å². The Balaban J connectivity index is 5.59. The van der Waals surface area contributed by atoms with Crippen molar-refractivity contribution in [3.05, 3.63) is 0 Å². The van der Waals surface area contributed by atoms with Crippen molar-refractivity contribution < 1.29 is 44.1 Å². The summed E-state index contributed by atoms with van der Waals surface area (Å²) in [6, 6.07) is -3.98. The van der Waals surface area contributed by atoms with E-state index in [4.69, 9.17) is 15.3 Å². The topological polar surface area (TPSA) is 211 Å². The minimum Gasteiger partial charge on any atom is -0.481 e. The SMILES string of the molecule is CC(C)NC(=O)C(CCC(=O)O)NC(=O)C(CCC(=O)O)NC(=O)C(CCC(=O)O)NC(C)C. The summed E-state index contributed by atoms with van der Waals surface area (Å²) in [4.78, 5) is 71.0. The highest BCUT2D eigenvalue weighted by molar-refractivity contribution is 5.93. The van der Waals surface area contributed by atoms with Crippen LogP contribution in [-0.2, 0) is 28.8 Å². The maximum atomic E-state index is 12.9. The zero-order valence-electron chi connectivity index (χ0n) is 19.9. The second kappa shape index (κ2) is 15.6. The van der Waals surface area contributed by atoms with E-state index in [1.54, 1.807) is 27.7 Å². The molecule has 0 aliphatic carbocycles. The highest BCUT2D eigenvalue weighted by atomic mass is 16.4. The Bertz CT molecular complexity index is 740. The lowest BCUT2D eigenvalue weighted by Gasteiger charge is -2.26. The number of nitrogens with one attached hydrogen (secondary N) is 4. The number of carbonyl (C=O) groups is 6. The number of rotatable bonds is 17. The number of carboxylic acid groups (broad SMARTS) is 3. The van der Waals surface area contributed by atoms with Gasteiger partial charge in [0.05, 0.1) is 6.04 Å². The van der Waals surface area contributed by atoms with Gasteiger partial charge < -0.3 is 36.6 Å². The van der Waals surface area contributed by atoms with E-state index in [0.29, 0.717) is 0 Å². The Morgan fingerprint density at radius 3 is 1.18 bits per heavy atom. The molecule has 0 aromatic heterocycles.